The number of aliphatic carboxylic acids is 1. The number of nitrogens with one attached hydrogen (secondary N) is 1. The molecule has 1 aliphatic heterocycles. The van der Waals surface area contributed by atoms with Crippen LogP contribution in [0.2, 0.25) is 0 Å². The number of carboxylic acid groups (broad SMARTS) is 1. The van der Waals surface area contributed by atoms with Gasteiger partial charge in [-0.05, 0) is 41.8 Å². The molecule has 2 aromatic carbocycles. The Bertz CT molecular complexity index is 1240. The topological polar surface area (TPSA) is 123 Å². The number of thiazole rings is 1. The standard InChI is InChI=1S/C24H27N3O6S/c1-26(22(29)10-15-5-6-21-19(9-15)25-24(32)34-21)20(13-27-8-7-17(28)12-27)16-3-2-4-18(11-16)33-14-23(30)31/h2-6,9,11,17,20,28H,7-8,10,12-14H2,1H3,(H,25,32)(H,30,31)/t17-,20?/m1/s1. The summed E-state index contributed by atoms with van der Waals surface area (Å²) in [7, 11) is 1.75. The highest BCUT2D eigenvalue weighted by Crippen LogP contribution is 2.27. The highest BCUT2D eigenvalue weighted by Gasteiger charge is 2.28. The number of ether oxygens (including phenoxy) is 1. The van der Waals surface area contributed by atoms with Gasteiger partial charge >= 0.3 is 10.8 Å². The van der Waals surface area contributed by atoms with E-state index in [2.05, 4.69) is 9.88 Å². The van der Waals surface area contributed by atoms with E-state index in [1.807, 2.05) is 24.3 Å². The highest BCUT2D eigenvalue weighted by molar-refractivity contribution is 7.16. The number of benzene rings is 2. The van der Waals surface area contributed by atoms with Crippen molar-refractivity contribution >= 4 is 33.4 Å². The van der Waals surface area contributed by atoms with Gasteiger partial charge in [-0.15, -0.1) is 0 Å². The molecule has 1 fully saturated rings. The van der Waals surface area contributed by atoms with Gasteiger partial charge in [0.15, 0.2) is 6.61 Å². The quantitative estimate of drug-likeness (QED) is 0.423. The Morgan fingerprint density at radius 1 is 1.29 bits per heavy atom. The molecule has 10 heteroatoms. The molecule has 0 bridgehead atoms. The minimum absolute atomic E-state index is 0.0986. The molecule has 4 rings (SSSR count). The van der Waals surface area contributed by atoms with Crippen LogP contribution in [-0.4, -0.2) is 76.3 Å². The SMILES string of the molecule is CN(C(=O)Cc1ccc2sc(=O)[nH]c2c1)C(CN1CC[C@@H](O)C1)c1cccc(OCC(=O)O)c1. The van der Waals surface area contributed by atoms with Crippen molar-refractivity contribution in [2.45, 2.75) is 25.0 Å². The number of aliphatic hydroxyl groups is 1. The average Bonchev–Trinajstić information content (AvgIpc) is 3.39. The van der Waals surface area contributed by atoms with Crippen molar-refractivity contribution in [3.8, 4) is 5.75 Å². The summed E-state index contributed by atoms with van der Waals surface area (Å²) < 4.78 is 6.18. The first kappa shape index (κ1) is 23.9. The number of hydrogen-bond acceptors (Lipinski definition) is 7. The Hall–Kier alpha value is -3.21. The first-order valence-corrected chi connectivity index (χ1v) is 11.8. The van der Waals surface area contributed by atoms with E-state index in [1.54, 1.807) is 30.1 Å². The van der Waals surface area contributed by atoms with Gasteiger partial charge in [-0.25, -0.2) is 4.79 Å². The van der Waals surface area contributed by atoms with E-state index in [0.717, 1.165) is 33.7 Å². The molecule has 9 nitrogen and oxygen atoms in total. The molecule has 0 saturated carbocycles. The molecule has 1 saturated heterocycles. The Labute approximate surface area is 200 Å². The maximum Gasteiger partial charge on any atom is 0.341 e. The van der Waals surface area contributed by atoms with Crippen LogP contribution in [0.1, 0.15) is 23.6 Å². The summed E-state index contributed by atoms with van der Waals surface area (Å²) in [6.45, 7) is 1.35. The zero-order chi connectivity index (χ0) is 24.2. The monoisotopic (exact) mass is 485 g/mol. The van der Waals surface area contributed by atoms with Crippen molar-refractivity contribution in [3.05, 3.63) is 63.3 Å². The number of carboxylic acids is 1. The maximum atomic E-state index is 13.3. The molecular formula is C24H27N3O6S. The second-order valence-corrected chi connectivity index (χ2v) is 9.51. The van der Waals surface area contributed by atoms with E-state index >= 15 is 0 Å². The summed E-state index contributed by atoms with van der Waals surface area (Å²) in [5.41, 5.74) is 2.33. The minimum atomic E-state index is -1.07. The van der Waals surface area contributed by atoms with Crippen LogP contribution in [0.15, 0.2) is 47.3 Å². The van der Waals surface area contributed by atoms with Gasteiger partial charge in [0, 0.05) is 26.7 Å². The van der Waals surface area contributed by atoms with Crippen LogP contribution in [0.4, 0.5) is 0 Å². The van der Waals surface area contributed by atoms with Crippen molar-refractivity contribution in [2.24, 2.45) is 0 Å². The van der Waals surface area contributed by atoms with Gasteiger partial charge in [0.05, 0.1) is 28.8 Å². The van der Waals surface area contributed by atoms with Crippen LogP contribution in [0.3, 0.4) is 0 Å². The van der Waals surface area contributed by atoms with Crippen molar-refractivity contribution in [1.82, 2.24) is 14.8 Å². The zero-order valence-electron chi connectivity index (χ0n) is 18.8. The fourth-order valence-corrected chi connectivity index (χ4v) is 4.93. The van der Waals surface area contributed by atoms with Crippen LogP contribution in [0.5, 0.6) is 5.75 Å². The lowest BCUT2D eigenvalue weighted by molar-refractivity contribution is -0.139. The average molecular weight is 486 g/mol. The Balaban J connectivity index is 1.55. The number of likely N-dealkylation sites (N-methyl/N-ethyl adjacent to an activating group) is 1. The first-order valence-electron chi connectivity index (χ1n) is 11.0. The number of aromatic nitrogens is 1. The highest BCUT2D eigenvalue weighted by atomic mass is 32.1. The molecular weight excluding hydrogens is 458 g/mol. The van der Waals surface area contributed by atoms with Gasteiger partial charge in [-0.2, -0.15) is 0 Å². The van der Waals surface area contributed by atoms with Crippen LogP contribution in [0, 0.1) is 0 Å². The van der Waals surface area contributed by atoms with E-state index in [-0.39, 0.29) is 29.3 Å². The minimum Gasteiger partial charge on any atom is -0.482 e. The van der Waals surface area contributed by atoms with Gasteiger partial charge in [0.1, 0.15) is 5.75 Å². The van der Waals surface area contributed by atoms with Crippen molar-refractivity contribution in [2.75, 3.05) is 33.3 Å². The molecule has 2 heterocycles. The number of carbonyl (C=O) groups is 2. The second kappa shape index (κ2) is 10.4. The molecule has 34 heavy (non-hydrogen) atoms. The number of aliphatic hydroxyl groups excluding tert-OH is 1. The molecule has 1 unspecified atom stereocenters. The number of aromatic amines is 1. The maximum absolute atomic E-state index is 13.3. The number of carbonyl (C=O) groups excluding carboxylic acids is 1. The van der Waals surface area contributed by atoms with E-state index in [9.17, 15) is 19.5 Å². The number of nitrogens with zero attached hydrogens (tertiary/aromatic N) is 2. The fraction of sp³-hybridized carbons (Fsp3) is 0.375. The summed E-state index contributed by atoms with van der Waals surface area (Å²) in [5.74, 6) is -0.748. The summed E-state index contributed by atoms with van der Waals surface area (Å²) in [5, 5.41) is 18.9. The molecule has 3 aromatic rings. The van der Waals surface area contributed by atoms with Gasteiger partial charge in [-0.1, -0.05) is 29.5 Å². The summed E-state index contributed by atoms with van der Waals surface area (Å²) >= 11 is 1.13. The largest absolute Gasteiger partial charge is 0.482 e. The summed E-state index contributed by atoms with van der Waals surface area (Å²) in [4.78, 5) is 42.2. The predicted molar refractivity (Wildman–Crippen MR) is 128 cm³/mol. The molecule has 0 spiro atoms. The number of amides is 1. The molecule has 180 valence electrons. The third-order valence-corrected chi connectivity index (χ3v) is 6.85. The number of β-amino-alcohol motifs (C(OH)–C–C–N with tert-alkyl or cyclic N) is 1. The van der Waals surface area contributed by atoms with Gasteiger partial charge in [0.25, 0.3) is 0 Å². The number of rotatable bonds is 9. The third kappa shape index (κ3) is 5.82. The third-order valence-electron chi connectivity index (χ3n) is 5.98. The predicted octanol–water partition coefficient (Wildman–Crippen LogP) is 1.86. The van der Waals surface area contributed by atoms with Crippen LogP contribution in [-0.2, 0) is 16.0 Å². The molecule has 1 aromatic heterocycles. The number of fused-ring (bicyclic) bond motifs is 1. The molecule has 3 N–H and O–H groups in total. The smallest absolute Gasteiger partial charge is 0.341 e. The summed E-state index contributed by atoms with van der Waals surface area (Å²) in [6, 6.07) is 12.3. The first-order chi connectivity index (χ1) is 16.3. The van der Waals surface area contributed by atoms with E-state index < -0.39 is 12.6 Å². The van der Waals surface area contributed by atoms with Crippen LogP contribution in [0.25, 0.3) is 10.2 Å². The lowest BCUT2D eigenvalue weighted by Crippen LogP contribution is -2.39. The van der Waals surface area contributed by atoms with E-state index in [1.165, 1.54) is 0 Å². The number of hydrogen-bond donors (Lipinski definition) is 3. The van der Waals surface area contributed by atoms with Crippen molar-refractivity contribution in [3.63, 3.8) is 0 Å². The Morgan fingerprint density at radius 3 is 2.85 bits per heavy atom. The number of likely N-dealkylation sites (tertiary alicyclic amines) is 1. The Kier molecular flexibility index (Phi) is 7.30. The van der Waals surface area contributed by atoms with Gasteiger partial charge in [0.2, 0.25) is 5.91 Å². The zero-order valence-corrected chi connectivity index (χ0v) is 19.6. The normalized spacial score (nSPS) is 17.1. The van der Waals surface area contributed by atoms with Crippen LogP contribution >= 0.6 is 11.3 Å². The van der Waals surface area contributed by atoms with Gasteiger partial charge < -0.3 is 24.8 Å². The van der Waals surface area contributed by atoms with Gasteiger partial charge in [-0.3, -0.25) is 14.5 Å². The molecule has 0 aliphatic carbocycles. The van der Waals surface area contributed by atoms with Crippen LogP contribution < -0.4 is 9.61 Å². The lowest BCUT2D eigenvalue weighted by atomic mass is 10.0. The van der Waals surface area contributed by atoms with E-state index in [4.69, 9.17) is 9.84 Å². The van der Waals surface area contributed by atoms with Crippen molar-refractivity contribution in [1.29, 1.82) is 0 Å². The summed E-state index contributed by atoms with van der Waals surface area (Å²) in [6.07, 6.45) is 0.468. The molecule has 1 amide bonds. The Morgan fingerprint density at radius 2 is 2.12 bits per heavy atom. The van der Waals surface area contributed by atoms with Crippen molar-refractivity contribution < 1.29 is 24.5 Å². The molecule has 2 atom stereocenters. The van der Waals surface area contributed by atoms with E-state index in [0.29, 0.717) is 30.8 Å². The second-order valence-electron chi connectivity index (χ2n) is 8.50. The molecule has 1 aliphatic rings. The fourth-order valence-electron chi connectivity index (χ4n) is 4.21. The molecule has 0 radical (unpaired) electrons. The lowest BCUT2D eigenvalue weighted by Gasteiger charge is -2.32. The number of H-pyrrole nitrogens is 1.